The van der Waals surface area contributed by atoms with E-state index < -0.39 is 0 Å². The van der Waals surface area contributed by atoms with Gasteiger partial charge in [-0.05, 0) is 64.7 Å². The number of hydrogen-bond donors (Lipinski definition) is 1. The first-order chi connectivity index (χ1) is 15.7. The summed E-state index contributed by atoms with van der Waals surface area (Å²) in [6.45, 7) is 5.29. The molecule has 0 saturated heterocycles. The van der Waals surface area contributed by atoms with Crippen molar-refractivity contribution >= 4 is 17.0 Å². The number of hydrogen-bond acceptors (Lipinski definition) is 3. The molecule has 4 aromatic carbocycles. The van der Waals surface area contributed by atoms with E-state index in [1.54, 1.807) is 0 Å². The molecule has 1 N–H and O–H groups in total. The van der Waals surface area contributed by atoms with Crippen LogP contribution in [0.15, 0.2) is 78.9 Å². The molecular formula is C29H29NO2. The maximum absolute atomic E-state index is 7.37. The topological polar surface area (TPSA) is 42.3 Å². The summed E-state index contributed by atoms with van der Waals surface area (Å²) in [5, 5.41) is 9.73. The van der Waals surface area contributed by atoms with Crippen molar-refractivity contribution in [3.05, 3.63) is 95.6 Å². The van der Waals surface area contributed by atoms with Gasteiger partial charge in [0.05, 0.1) is 0 Å². The molecular weight excluding hydrogens is 394 g/mol. The van der Waals surface area contributed by atoms with Crippen LogP contribution in [0.25, 0.3) is 21.9 Å². The fourth-order valence-corrected chi connectivity index (χ4v) is 4.00. The van der Waals surface area contributed by atoms with Crippen molar-refractivity contribution in [1.29, 1.82) is 5.41 Å². The van der Waals surface area contributed by atoms with Gasteiger partial charge < -0.3 is 14.9 Å². The van der Waals surface area contributed by atoms with Gasteiger partial charge in [-0.25, -0.2) is 0 Å². The molecule has 4 aromatic rings. The van der Waals surface area contributed by atoms with Crippen molar-refractivity contribution in [3.8, 4) is 22.6 Å². The first-order valence-electron chi connectivity index (χ1n) is 11.2. The molecule has 0 radical (unpaired) electrons. The predicted molar refractivity (Wildman–Crippen MR) is 133 cm³/mol. The quantitative estimate of drug-likeness (QED) is 0.228. The molecule has 0 unspecified atom stereocenters. The van der Waals surface area contributed by atoms with Gasteiger partial charge in [0.2, 0.25) is 0 Å². The minimum absolute atomic E-state index is 0.492. The molecule has 0 aromatic heterocycles. The molecule has 0 amide bonds. The summed E-state index contributed by atoms with van der Waals surface area (Å²) in [5.74, 6) is 1.82. The Morgan fingerprint density at radius 1 is 0.750 bits per heavy atom. The second-order valence-corrected chi connectivity index (χ2v) is 7.96. The summed E-state index contributed by atoms with van der Waals surface area (Å²) in [6.07, 6.45) is 3.38. The molecule has 162 valence electrons. The smallest absolute Gasteiger partial charge is 0.127 e. The molecule has 0 aliphatic carbocycles. The van der Waals surface area contributed by atoms with Gasteiger partial charge in [0, 0.05) is 11.6 Å². The zero-order chi connectivity index (χ0) is 22.3. The number of rotatable bonds is 9. The van der Waals surface area contributed by atoms with Gasteiger partial charge in [-0.15, -0.1) is 0 Å². The van der Waals surface area contributed by atoms with E-state index in [1.165, 1.54) is 28.3 Å². The van der Waals surface area contributed by atoms with Crippen LogP contribution in [-0.4, -0.2) is 19.4 Å². The molecule has 0 bridgehead atoms. The van der Waals surface area contributed by atoms with Crippen molar-refractivity contribution < 1.29 is 9.47 Å². The van der Waals surface area contributed by atoms with Crippen LogP contribution in [0.1, 0.15) is 30.0 Å². The molecule has 0 aliphatic rings. The first kappa shape index (κ1) is 21.6. The van der Waals surface area contributed by atoms with E-state index in [1.807, 2.05) is 24.3 Å². The van der Waals surface area contributed by atoms with Gasteiger partial charge in [-0.3, -0.25) is 0 Å². The van der Waals surface area contributed by atoms with Crippen LogP contribution in [-0.2, 0) is 6.42 Å². The highest BCUT2D eigenvalue weighted by molar-refractivity contribution is 5.90. The Hall–Kier alpha value is -3.59. The lowest BCUT2D eigenvalue weighted by Crippen LogP contribution is -2.10. The number of aryl methyl sites for hydroxylation is 2. The molecule has 3 heteroatoms. The summed E-state index contributed by atoms with van der Waals surface area (Å²) >= 11 is 0. The third-order valence-corrected chi connectivity index (χ3v) is 5.69. The highest BCUT2D eigenvalue weighted by Crippen LogP contribution is 2.29. The van der Waals surface area contributed by atoms with Gasteiger partial charge in [-0.2, -0.15) is 0 Å². The van der Waals surface area contributed by atoms with Crippen LogP contribution in [0, 0.1) is 12.3 Å². The van der Waals surface area contributed by atoms with Gasteiger partial charge >= 0.3 is 0 Å². The average Bonchev–Trinajstić information content (AvgIpc) is 2.83. The Bertz CT molecular complexity index is 1210. The highest BCUT2D eigenvalue weighted by atomic mass is 16.5. The fourth-order valence-electron chi connectivity index (χ4n) is 4.00. The Labute approximate surface area is 190 Å². The Morgan fingerprint density at radius 2 is 1.44 bits per heavy atom. The van der Waals surface area contributed by atoms with Crippen molar-refractivity contribution in [2.24, 2.45) is 0 Å². The monoisotopic (exact) mass is 423 g/mol. The highest BCUT2D eigenvalue weighted by Gasteiger charge is 2.08. The summed E-state index contributed by atoms with van der Waals surface area (Å²) in [7, 11) is 0. The minimum Gasteiger partial charge on any atom is -0.490 e. The summed E-state index contributed by atoms with van der Waals surface area (Å²) in [6, 6.07) is 26.9. The van der Waals surface area contributed by atoms with E-state index in [2.05, 4.69) is 68.4 Å². The predicted octanol–water partition coefficient (Wildman–Crippen LogP) is 7.22. The lowest BCUT2D eigenvalue weighted by Gasteiger charge is -2.15. The molecule has 0 spiro atoms. The van der Waals surface area contributed by atoms with E-state index in [9.17, 15) is 0 Å². The fraction of sp³-hybridized carbons (Fsp3) is 0.207. The number of nitrogens with one attached hydrogen (secondary N) is 1. The Morgan fingerprint density at radius 3 is 2.19 bits per heavy atom. The standard InChI is InChI=1S/C29H29NO2/c1-3-6-25-19-24(23-13-11-22(20-30)12-14-23)15-16-28(25)31-17-18-32-29-10-5-8-26-21(2)7-4-9-27(26)29/h4-5,7-16,19-20,30H,3,6,17-18H2,1-2H3. The number of benzene rings is 4. The third-order valence-electron chi connectivity index (χ3n) is 5.69. The second kappa shape index (κ2) is 10.1. The molecule has 4 rings (SSSR count). The zero-order valence-electron chi connectivity index (χ0n) is 18.7. The van der Waals surface area contributed by atoms with Crippen LogP contribution < -0.4 is 9.47 Å². The minimum atomic E-state index is 0.492. The third kappa shape index (κ3) is 4.83. The first-order valence-corrected chi connectivity index (χ1v) is 11.2. The van der Waals surface area contributed by atoms with Crippen LogP contribution >= 0.6 is 0 Å². The number of ether oxygens (including phenoxy) is 2. The van der Waals surface area contributed by atoms with Crippen LogP contribution in [0.2, 0.25) is 0 Å². The number of fused-ring (bicyclic) bond motifs is 1. The summed E-state index contributed by atoms with van der Waals surface area (Å²) in [4.78, 5) is 0. The molecule has 0 saturated carbocycles. The molecule has 0 atom stereocenters. The molecule has 0 fully saturated rings. The normalized spacial score (nSPS) is 10.8. The largest absolute Gasteiger partial charge is 0.490 e. The van der Waals surface area contributed by atoms with Gasteiger partial charge in [0.15, 0.2) is 0 Å². The van der Waals surface area contributed by atoms with Gasteiger partial charge in [0.25, 0.3) is 0 Å². The van der Waals surface area contributed by atoms with Gasteiger partial charge in [0.1, 0.15) is 24.7 Å². The van der Waals surface area contributed by atoms with Crippen LogP contribution in [0.3, 0.4) is 0 Å². The van der Waals surface area contributed by atoms with E-state index in [4.69, 9.17) is 14.9 Å². The lowest BCUT2D eigenvalue weighted by atomic mass is 9.99. The molecule has 0 heterocycles. The molecule has 0 aliphatic heterocycles. The zero-order valence-corrected chi connectivity index (χ0v) is 18.7. The lowest BCUT2D eigenvalue weighted by molar-refractivity contribution is 0.217. The van der Waals surface area contributed by atoms with E-state index in [0.717, 1.165) is 40.9 Å². The maximum atomic E-state index is 7.37. The summed E-state index contributed by atoms with van der Waals surface area (Å²) < 4.78 is 12.2. The van der Waals surface area contributed by atoms with Crippen molar-refractivity contribution in [3.63, 3.8) is 0 Å². The molecule has 3 nitrogen and oxygen atoms in total. The van der Waals surface area contributed by atoms with Crippen molar-refractivity contribution in [2.75, 3.05) is 13.2 Å². The Kier molecular flexibility index (Phi) is 6.86. The maximum Gasteiger partial charge on any atom is 0.127 e. The Balaban J connectivity index is 1.44. The van der Waals surface area contributed by atoms with E-state index in [-0.39, 0.29) is 0 Å². The van der Waals surface area contributed by atoms with Crippen molar-refractivity contribution in [2.45, 2.75) is 26.7 Å². The van der Waals surface area contributed by atoms with Crippen LogP contribution in [0.4, 0.5) is 0 Å². The van der Waals surface area contributed by atoms with Crippen molar-refractivity contribution in [1.82, 2.24) is 0 Å². The SMILES string of the molecule is CCCc1cc(-c2ccc(C=N)cc2)ccc1OCCOc1cccc2c(C)cccc12. The second-order valence-electron chi connectivity index (χ2n) is 7.96. The van der Waals surface area contributed by atoms with Gasteiger partial charge in [-0.1, -0.05) is 74.0 Å². The van der Waals surface area contributed by atoms with E-state index in [0.29, 0.717) is 13.2 Å². The molecule has 32 heavy (non-hydrogen) atoms. The van der Waals surface area contributed by atoms with E-state index >= 15 is 0 Å². The summed E-state index contributed by atoms with van der Waals surface area (Å²) in [5.41, 5.74) is 5.68. The van der Waals surface area contributed by atoms with Crippen LogP contribution in [0.5, 0.6) is 11.5 Å². The average molecular weight is 424 g/mol.